The summed E-state index contributed by atoms with van der Waals surface area (Å²) in [7, 11) is 0. The Kier molecular flexibility index (Phi) is 3.76. The molecule has 0 aromatic rings. The molecule has 2 amide bonds. The number of nitrogens with one attached hydrogen (secondary N) is 1. The Bertz CT molecular complexity index is 386. The summed E-state index contributed by atoms with van der Waals surface area (Å²) in [6, 6.07) is 0. The fourth-order valence-electron chi connectivity index (χ4n) is 4.22. The number of hydrogen-bond donors (Lipinski definition) is 1. The van der Waals surface area contributed by atoms with Gasteiger partial charge in [0.1, 0.15) is 0 Å². The Morgan fingerprint density at radius 1 is 1.11 bits per heavy atom. The maximum atomic E-state index is 12.3. The molecule has 0 aromatic carbocycles. The van der Waals surface area contributed by atoms with E-state index in [9.17, 15) is 9.59 Å². The van der Waals surface area contributed by atoms with Gasteiger partial charge in [0.05, 0.1) is 0 Å². The highest BCUT2D eigenvalue weighted by atomic mass is 16.2. The quantitative estimate of drug-likeness (QED) is 0.740. The van der Waals surface area contributed by atoms with E-state index in [1.807, 2.05) is 0 Å². The van der Waals surface area contributed by atoms with Crippen molar-refractivity contribution in [1.82, 2.24) is 5.32 Å². The highest BCUT2D eigenvalue weighted by Gasteiger charge is 2.50. The normalized spacial score (nSPS) is 35.3. The molecule has 0 bridgehead atoms. The summed E-state index contributed by atoms with van der Waals surface area (Å²) in [6.45, 7) is 8.83. The van der Waals surface area contributed by atoms with Crippen molar-refractivity contribution >= 4 is 11.8 Å². The topological polar surface area (TPSA) is 46.2 Å². The van der Waals surface area contributed by atoms with Crippen LogP contribution in [-0.2, 0) is 9.59 Å². The van der Waals surface area contributed by atoms with Gasteiger partial charge in [0.15, 0.2) is 0 Å². The first-order chi connectivity index (χ1) is 8.76. The van der Waals surface area contributed by atoms with Crippen LogP contribution in [0.25, 0.3) is 0 Å². The number of hydrogen-bond acceptors (Lipinski definition) is 2. The molecule has 1 spiro atoms. The lowest BCUT2D eigenvalue weighted by molar-refractivity contribution is -0.146. The highest BCUT2D eigenvalue weighted by Crippen LogP contribution is 2.52. The van der Waals surface area contributed by atoms with Crippen LogP contribution >= 0.6 is 0 Å². The molecule has 2 unspecified atom stereocenters. The maximum absolute atomic E-state index is 12.3. The van der Waals surface area contributed by atoms with Crippen molar-refractivity contribution in [3.05, 3.63) is 0 Å². The fourth-order valence-corrected chi connectivity index (χ4v) is 4.22. The number of rotatable bonds is 1. The summed E-state index contributed by atoms with van der Waals surface area (Å²) in [5.74, 6) is 0.195. The van der Waals surface area contributed by atoms with Crippen molar-refractivity contribution in [3.63, 3.8) is 0 Å². The zero-order chi connectivity index (χ0) is 14.3. The molecule has 2 aliphatic rings. The molecule has 1 saturated heterocycles. The molecule has 1 heterocycles. The van der Waals surface area contributed by atoms with E-state index in [0.29, 0.717) is 17.8 Å². The molecular weight excluding hydrogens is 238 g/mol. The van der Waals surface area contributed by atoms with Crippen molar-refractivity contribution in [2.24, 2.45) is 22.7 Å². The van der Waals surface area contributed by atoms with Gasteiger partial charge >= 0.3 is 0 Å². The molecule has 1 saturated carbocycles. The van der Waals surface area contributed by atoms with Crippen molar-refractivity contribution in [2.45, 2.75) is 66.2 Å². The van der Waals surface area contributed by atoms with E-state index < -0.39 is 0 Å². The van der Waals surface area contributed by atoms with Crippen LogP contribution in [-0.4, -0.2) is 11.8 Å². The first-order valence-electron chi connectivity index (χ1n) is 7.59. The molecule has 1 N–H and O–H groups in total. The highest BCUT2D eigenvalue weighted by molar-refractivity contribution is 5.99. The maximum Gasteiger partial charge on any atom is 0.230 e. The zero-order valence-electron chi connectivity index (χ0n) is 12.7. The number of amides is 2. The molecule has 0 radical (unpaired) electrons. The molecule has 2 atom stereocenters. The molecule has 1 aliphatic carbocycles. The van der Waals surface area contributed by atoms with E-state index in [2.05, 4.69) is 33.0 Å². The van der Waals surface area contributed by atoms with Crippen molar-refractivity contribution in [3.8, 4) is 0 Å². The molecule has 0 aromatic heterocycles. The Hall–Kier alpha value is -0.860. The van der Waals surface area contributed by atoms with Gasteiger partial charge in [0, 0.05) is 12.3 Å². The van der Waals surface area contributed by atoms with Gasteiger partial charge in [-0.05, 0) is 42.4 Å². The molecular formula is C16H27NO2. The Labute approximate surface area is 116 Å². The van der Waals surface area contributed by atoms with Gasteiger partial charge in [-0.25, -0.2) is 0 Å². The molecule has 108 valence electrons. The van der Waals surface area contributed by atoms with Crippen LogP contribution in [0.4, 0.5) is 0 Å². The molecule has 2 fully saturated rings. The van der Waals surface area contributed by atoms with E-state index in [-0.39, 0.29) is 23.1 Å². The van der Waals surface area contributed by atoms with Gasteiger partial charge in [-0.15, -0.1) is 0 Å². The fraction of sp³-hybridized carbons (Fsp3) is 0.875. The predicted octanol–water partition coefficient (Wildman–Crippen LogP) is 3.28. The van der Waals surface area contributed by atoms with E-state index >= 15 is 0 Å². The minimum Gasteiger partial charge on any atom is -0.296 e. The van der Waals surface area contributed by atoms with Gasteiger partial charge in [0.25, 0.3) is 0 Å². The van der Waals surface area contributed by atoms with Crippen molar-refractivity contribution in [1.29, 1.82) is 0 Å². The predicted molar refractivity (Wildman–Crippen MR) is 75.4 cm³/mol. The molecule has 1 aliphatic heterocycles. The summed E-state index contributed by atoms with van der Waals surface area (Å²) >= 11 is 0. The summed E-state index contributed by atoms with van der Waals surface area (Å²) in [5, 5.41) is 2.55. The van der Waals surface area contributed by atoms with Crippen molar-refractivity contribution < 1.29 is 9.59 Å². The van der Waals surface area contributed by atoms with E-state index in [1.165, 1.54) is 6.42 Å². The number of carbonyl (C=O) groups is 2. The van der Waals surface area contributed by atoms with Crippen LogP contribution in [0.5, 0.6) is 0 Å². The number of carbonyl (C=O) groups excluding carboxylic acids is 2. The van der Waals surface area contributed by atoms with Gasteiger partial charge in [-0.3, -0.25) is 14.9 Å². The summed E-state index contributed by atoms with van der Waals surface area (Å²) in [6.07, 6.45) is 6.04. The second-order valence-corrected chi connectivity index (χ2v) is 7.69. The summed E-state index contributed by atoms with van der Waals surface area (Å²) in [5.41, 5.74) is 0.267. The third-order valence-electron chi connectivity index (χ3n) is 5.21. The minimum atomic E-state index is -0.0820. The average molecular weight is 265 g/mol. The van der Waals surface area contributed by atoms with Crippen LogP contribution in [0, 0.1) is 22.7 Å². The van der Waals surface area contributed by atoms with E-state index in [0.717, 1.165) is 25.7 Å². The van der Waals surface area contributed by atoms with E-state index in [4.69, 9.17) is 0 Å². The lowest BCUT2D eigenvalue weighted by Crippen LogP contribution is -2.53. The Balaban J connectivity index is 2.31. The van der Waals surface area contributed by atoms with E-state index in [1.54, 1.807) is 0 Å². The number of piperidine rings is 1. The van der Waals surface area contributed by atoms with Crippen LogP contribution in [0.2, 0.25) is 0 Å². The lowest BCUT2D eigenvalue weighted by Gasteiger charge is -2.44. The Morgan fingerprint density at radius 3 is 2.42 bits per heavy atom. The molecule has 19 heavy (non-hydrogen) atoms. The Morgan fingerprint density at radius 2 is 1.79 bits per heavy atom. The monoisotopic (exact) mass is 265 g/mol. The van der Waals surface area contributed by atoms with Crippen LogP contribution < -0.4 is 5.32 Å². The molecule has 2 rings (SSSR count). The summed E-state index contributed by atoms with van der Waals surface area (Å²) < 4.78 is 0. The lowest BCUT2D eigenvalue weighted by atomic mass is 9.61. The first kappa shape index (κ1) is 14.5. The third kappa shape index (κ3) is 2.85. The third-order valence-corrected chi connectivity index (χ3v) is 5.21. The van der Waals surface area contributed by atoms with Crippen LogP contribution in [0.1, 0.15) is 66.2 Å². The molecule has 3 nitrogen and oxygen atoms in total. The SMILES string of the molecule is CC(C)C1C(=O)NC(=O)CC12CCCC(C)(C)CC2. The van der Waals surface area contributed by atoms with Gasteiger partial charge in [-0.1, -0.05) is 34.1 Å². The van der Waals surface area contributed by atoms with Crippen LogP contribution in [0.15, 0.2) is 0 Å². The summed E-state index contributed by atoms with van der Waals surface area (Å²) in [4.78, 5) is 24.1. The standard InChI is InChI=1S/C16H27NO2/c1-11(2)13-14(19)17-12(18)10-16(13)7-5-6-15(3,4)8-9-16/h11,13H,5-10H2,1-4H3,(H,17,18,19). The average Bonchev–Trinajstić information content (AvgIpc) is 2.37. The van der Waals surface area contributed by atoms with Gasteiger partial charge in [0.2, 0.25) is 11.8 Å². The zero-order valence-corrected chi connectivity index (χ0v) is 12.7. The number of imide groups is 1. The van der Waals surface area contributed by atoms with Crippen LogP contribution in [0.3, 0.4) is 0 Å². The second-order valence-electron chi connectivity index (χ2n) is 7.69. The van der Waals surface area contributed by atoms with Gasteiger partial charge in [-0.2, -0.15) is 0 Å². The first-order valence-corrected chi connectivity index (χ1v) is 7.59. The molecule has 3 heteroatoms. The minimum absolute atomic E-state index is 0.000833. The van der Waals surface area contributed by atoms with Crippen molar-refractivity contribution in [2.75, 3.05) is 0 Å². The smallest absolute Gasteiger partial charge is 0.230 e. The second kappa shape index (κ2) is 4.92. The van der Waals surface area contributed by atoms with Gasteiger partial charge < -0.3 is 0 Å². The largest absolute Gasteiger partial charge is 0.296 e.